The number of nitrogens with zero attached hydrogens (tertiary/aromatic N) is 2. The van der Waals surface area contributed by atoms with Crippen molar-refractivity contribution in [3.8, 4) is 17.2 Å². The first-order valence-electron chi connectivity index (χ1n) is 10.3. The zero-order valence-corrected chi connectivity index (χ0v) is 18.4. The van der Waals surface area contributed by atoms with Crippen molar-refractivity contribution in [2.75, 3.05) is 26.6 Å². The number of fused-ring (bicyclic) bond motifs is 4. The molecule has 1 amide bonds. The van der Waals surface area contributed by atoms with Crippen molar-refractivity contribution in [1.82, 2.24) is 9.97 Å². The van der Waals surface area contributed by atoms with E-state index in [-0.39, 0.29) is 5.91 Å². The summed E-state index contributed by atoms with van der Waals surface area (Å²) in [6, 6.07) is 20.8. The van der Waals surface area contributed by atoms with E-state index in [2.05, 4.69) is 11.4 Å². The lowest BCUT2D eigenvalue weighted by Crippen LogP contribution is -2.12. The van der Waals surface area contributed by atoms with Crippen LogP contribution in [0.5, 0.6) is 17.2 Å². The van der Waals surface area contributed by atoms with Gasteiger partial charge >= 0.3 is 0 Å². The van der Waals surface area contributed by atoms with Crippen LogP contribution in [-0.2, 0) is 0 Å². The third-order valence-corrected chi connectivity index (χ3v) is 5.51. The van der Waals surface area contributed by atoms with Crippen LogP contribution in [0.25, 0.3) is 32.8 Å². The fourth-order valence-electron chi connectivity index (χ4n) is 3.90. The monoisotopic (exact) mass is 439 g/mol. The van der Waals surface area contributed by atoms with Crippen LogP contribution in [0, 0.1) is 0 Å². The molecule has 164 valence electrons. The van der Waals surface area contributed by atoms with Gasteiger partial charge in [-0.15, -0.1) is 0 Å². The first-order chi connectivity index (χ1) is 16.1. The molecule has 0 spiro atoms. The van der Waals surface area contributed by atoms with Gasteiger partial charge in [-0.2, -0.15) is 0 Å². The second-order valence-corrected chi connectivity index (χ2v) is 7.45. The highest BCUT2D eigenvalue weighted by Gasteiger charge is 2.17. The summed E-state index contributed by atoms with van der Waals surface area (Å²) in [7, 11) is 4.53. The van der Waals surface area contributed by atoms with Gasteiger partial charge in [0.25, 0.3) is 5.91 Å². The lowest BCUT2D eigenvalue weighted by molar-refractivity contribution is 0.102. The first kappa shape index (κ1) is 20.5. The number of carbonyl (C=O) groups excluding carboxylic acids is 1. The van der Waals surface area contributed by atoms with Crippen molar-refractivity contribution in [1.29, 1.82) is 0 Å². The number of hydrogen-bond donors (Lipinski definition) is 1. The minimum Gasteiger partial charge on any atom is -0.493 e. The zero-order valence-electron chi connectivity index (χ0n) is 18.4. The number of hydrogen-bond acceptors (Lipinski definition) is 6. The Morgan fingerprint density at radius 1 is 0.758 bits per heavy atom. The number of methoxy groups -OCH3 is 3. The van der Waals surface area contributed by atoms with Gasteiger partial charge in [0, 0.05) is 16.6 Å². The molecule has 5 aromatic rings. The van der Waals surface area contributed by atoms with Gasteiger partial charge in [0.1, 0.15) is 0 Å². The Labute approximate surface area is 189 Å². The van der Waals surface area contributed by atoms with E-state index in [1.165, 1.54) is 21.3 Å². The molecule has 0 bridgehead atoms. The van der Waals surface area contributed by atoms with E-state index in [0.717, 1.165) is 27.3 Å². The van der Waals surface area contributed by atoms with Crippen LogP contribution in [0.1, 0.15) is 10.4 Å². The third kappa shape index (κ3) is 3.63. The number of anilines is 1. The fourth-order valence-corrected chi connectivity index (χ4v) is 3.90. The van der Waals surface area contributed by atoms with Crippen LogP contribution in [0.15, 0.2) is 66.7 Å². The Morgan fingerprint density at radius 2 is 1.48 bits per heavy atom. The molecular formula is C26H21N3O4. The highest BCUT2D eigenvalue weighted by molar-refractivity contribution is 6.07. The molecule has 7 nitrogen and oxygen atoms in total. The summed E-state index contributed by atoms with van der Waals surface area (Å²) in [6.45, 7) is 0. The van der Waals surface area contributed by atoms with Gasteiger partial charge in [-0.1, -0.05) is 30.3 Å². The molecule has 0 unspecified atom stereocenters. The standard InChI is InChI=1S/C26H21N3O4/c1-31-22-12-16(13-23(32-2)25(22)33-3)26(30)27-17-9-11-19-21(14-17)29-24-18-7-5-4-6-15(18)8-10-20(24)28-19/h4-14H,1-3H3,(H,27,30). The molecule has 0 saturated heterocycles. The SMILES string of the molecule is COc1cc(C(=O)Nc2ccc3nc4ccc5ccccc5c4nc3c2)cc(OC)c1OC. The summed E-state index contributed by atoms with van der Waals surface area (Å²) in [5.74, 6) is 0.930. The quantitative estimate of drug-likeness (QED) is 0.299. The molecule has 0 radical (unpaired) electrons. The minimum atomic E-state index is -0.312. The Kier molecular flexibility index (Phi) is 5.14. The molecular weight excluding hydrogens is 418 g/mol. The van der Waals surface area contributed by atoms with Gasteiger partial charge in [-0.05, 0) is 41.8 Å². The Hall–Kier alpha value is -4.39. The number of aromatic nitrogens is 2. The molecule has 4 aromatic carbocycles. The van der Waals surface area contributed by atoms with E-state index in [1.54, 1.807) is 18.2 Å². The number of amides is 1. The summed E-state index contributed by atoms with van der Waals surface area (Å²) >= 11 is 0. The molecule has 1 heterocycles. The van der Waals surface area contributed by atoms with Crippen molar-refractivity contribution in [2.24, 2.45) is 0 Å². The van der Waals surface area contributed by atoms with Gasteiger partial charge in [-0.25, -0.2) is 9.97 Å². The molecule has 0 saturated carbocycles. The third-order valence-electron chi connectivity index (χ3n) is 5.51. The maximum atomic E-state index is 13.0. The van der Waals surface area contributed by atoms with Gasteiger partial charge in [-0.3, -0.25) is 4.79 Å². The van der Waals surface area contributed by atoms with E-state index in [1.807, 2.05) is 42.5 Å². The summed E-state index contributed by atoms with van der Waals surface area (Å²) in [6.07, 6.45) is 0. The topological polar surface area (TPSA) is 82.6 Å². The molecule has 7 heteroatoms. The summed E-state index contributed by atoms with van der Waals surface area (Å²) in [5, 5.41) is 5.06. The number of rotatable bonds is 5. The van der Waals surface area contributed by atoms with Crippen LogP contribution < -0.4 is 19.5 Å². The molecule has 33 heavy (non-hydrogen) atoms. The van der Waals surface area contributed by atoms with Crippen LogP contribution in [0.3, 0.4) is 0 Å². The fraction of sp³-hybridized carbons (Fsp3) is 0.115. The van der Waals surface area contributed by atoms with E-state index < -0.39 is 0 Å². The smallest absolute Gasteiger partial charge is 0.255 e. The van der Waals surface area contributed by atoms with Crippen molar-refractivity contribution < 1.29 is 19.0 Å². The van der Waals surface area contributed by atoms with Crippen LogP contribution in [0.2, 0.25) is 0 Å². The summed E-state index contributed by atoms with van der Waals surface area (Å²) < 4.78 is 16.0. The minimum absolute atomic E-state index is 0.312. The molecule has 1 N–H and O–H groups in total. The molecule has 0 atom stereocenters. The van der Waals surface area contributed by atoms with Gasteiger partial charge in [0.05, 0.1) is 43.4 Å². The molecule has 1 aromatic heterocycles. The molecule has 5 rings (SSSR count). The largest absolute Gasteiger partial charge is 0.493 e. The van der Waals surface area contributed by atoms with Crippen LogP contribution in [0.4, 0.5) is 5.69 Å². The van der Waals surface area contributed by atoms with Gasteiger partial charge < -0.3 is 19.5 Å². The maximum Gasteiger partial charge on any atom is 0.255 e. The number of ether oxygens (including phenoxy) is 3. The van der Waals surface area contributed by atoms with Crippen LogP contribution >= 0.6 is 0 Å². The van der Waals surface area contributed by atoms with Crippen LogP contribution in [-0.4, -0.2) is 37.2 Å². The van der Waals surface area contributed by atoms with E-state index in [9.17, 15) is 4.79 Å². The van der Waals surface area contributed by atoms with Crippen molar-refractivity contribution in [3.05, 3.63) is 72.3 Å². The zero-order chi connectivity index (χ0) is 22.9. The maximum absolute atomic E-state index is 13.0. The number of benzene rings is 4. The average Bonchev–Trinajstić information content (AvgIpc) is 2.86. The highest BCUT2D eigenvalue weighted by atomic mass is 16.5. The predicted octanol–water partition coefficient (Wildman–Crippen LogP) is 5.21. The van der Waals surface area contributed by atoms with Crippen molar-refractivity contribution in [3.63, 3.8) is 0 Å². The summed E-state index contributed by atoms with van der Waals surface area (Å²) in [4.78, 5) is 22.6. The Morgan fingerprint density at radius 3 is 2.21 bits per heavy atom. The Bertz CT molecular complexity index is 1510. The number of nitrogens with one attached hydrogen (secondary N) is 1. The van der Waals surface area contributed by atoms with Gasteiger partial charge in [0.2, 0.25) is 5.75 Å². The highest BCUT2D eigenvalue weighted by Crippen LogP contribution is 2.38. The van der Waals surface area contributed by atoms with E-state index in [4.69, 9.17) is 24.2 Å². The van der Waals surface area contributed by atoms with Gasteiger partial charge in [0.15, 0.2) is 11.5 Å². The molecule has 0 aliphatic heterocycles. The summed E-state index contributed by atoms with van der Waals surface area (Å²) in [5.41, 5.74) is 4.09. The Balaban J connectivity index is 1.53. The molecule has 0 fully saturated rings. The lowest BCUT2D eigenvalue weighted by Gasteiger charge is -2.14. The normalized spacial score (nSPS) is 11.0. The predicted molar refractivity (Wildman–Crippen MR) is 129 cm³/mol. The van der Waals surface area contributed by atoms with E-state index in [0.29, 0.717) is 34.0 Å². The second kappa shape index (κ2) is 8.27. The first-order valence-corrected chi connectivity index (χ1v) is 10.3. The van der Waals surface area contributed by atoms with Crippen molar-refractivity contribution >= 4 is 44.4 Å². The average molecular weight is 439 g/mol. The number of carbonyl (C=O) groups is 1. The molecule has 0 aliphatic rings. The second-order valence-electron chi connectivity index (χ2n) is 7.45. The van der Waals surface area contributed by atoms with Crippen molar-refractivity contribution in [2.45, 2.75) is 0 Å². The van der Waals surface area contributed by atoms with E-state index >= 15 is 0 Å². The molecule has 0 aliphatic carbocycles. The lowest BCUT2D eigenvalue weighted by atomic mass is 10.1.